The maximum atomic E-state index is 11.0. The number of allylic oxidation sites excluding steroid dienone is 3. The third-order valence-corrected chi connectivity index (χ3v) is 1.65. The molecule has 0 rings (SSSR count). The van der Waals surface area contributed by atoms with Crippen molar-refractivity contribution in [3.8, 4) is 0 Å². The normalized spacial score (nSPS) is 10.6. The lowest BCUT2D eigenvalue weighted by molar-refractivity contribution is -0.132. The van der Waals surface area contributed by atoms with Gasteiger partial charge in [0.1, 0.15) is 0 Å². The van der Waals surface area contributed by atoms with E-state index in [1.807, 2.05) is 6.92 Å². The number of hydrogen-bond donors (Lipinski definition) is 0. The summed E-state index contributed by atoms with van der Waals surface area (Å²) in [5, 5.41) is 0. The second kappa shape index (κ2) is 7.13. The highest BCUT2D eigenvalue weighted by Gasteiger charge is 1.96. The molecule has 0 aromatic rings. The average molecular weight is 194 g/mol. The van der Waals surface area contributed by atoms with E-state index in [0.717, 1.165) is 24.7 Å². The highest BCUT2D eigenvalue weighted by atomic mass is 16.5. The van der Waals surface area contributed by atoms with Gasteiger partial charge in [-0.2, -0.15) is 0 Å². The van der Waals surface area contributed by atoms with Crippen molar-refractivity contribution in [1.82, 2.24) is 0 Å². The predicted molar refractivity (Wildman–Crippen MR) is 58.7 cm³/mol. The van der Waals surface area contributed by atoms with Crippen molar-refractivity contribution in [2.75, 3.05) is 0 Å². The minimum atomic E-state index is -0.352. The summed E-state index contributed by atoms with van der Waals surface area (Å²) in [7, 11) is 0. The number of hydrogen-bond acceptors (Lipinski definition) is 2. The first-order valence-electron chi connectivity index (χ1n) is 4.68. The number of rotatable bonds is 5. The van der Waals surface area contributed by atoms with Crippen LogP contribution >= 0.6 is 0 Å². The van der Waals surface area contributed by atoms with Gasteiger partial charge < -0.3 is 4.74 Å². The van der Waals surface area contributed by atoms with Crippen molar-refractivity contribution in [2.45, 2.75) is 33.6 Å². The Morgan fingerprint density at radius 1 is 1.36 bits per heavy atom. The quantitative estimate of drug-likeness (QED) is 0.290. The molecule has 0 bridgehead atoms. The molecule has 0 spiro atoms. The van der Waals surface area contributed by atoms with Gasteiger partial charge in [-0.05, 0) is 33.6 Å². The van der Waals surface area contributed by atoms with E-state index in [2.05, 4.69) is 31.2 Å². The summed E-state index contributed by atoms with van der Waals surface area (Å²) >= 11 is 0. The predicted octanol–water partition coefficient (Wildman–Crippen LogP) is 3.37. The third kappa shape index (κ3) is 7.35. The number of ether oxygens (including phenoxy) is 1. The van der Waals surface area contributed by atoms with Gasteiger partial charge in [-0.1, -0.05) is 23.8 Å². The zero-order chi connectivity index (χ0) is 11.0. The fourth-order valence-electron chi connectivity index (χ4n) is 0.978. The molecule has 0 heterocycles. The third-order valence-electron chi connectivity index (χ3n) is 1.65. The van der Waals surface area contributed by atoms with Crippen LogP contribution in [0, 0.1) is 0 Å². The molecule has 0 aromatic carbocycles. The first kappa shape index (κ1) is 12.7. The molecule has 2 nitrogen and oxygen atoms in total. The van der Waals surface area contributed by atoms with E-state index in [9.17, 15) is 4.79 Å². The van der Waals surface area contributed by atoms with Crippen LogP contribution < -0.4 is 0 Å². The van der Waals surface area contributed by atoms with Crippen molar-refractivity contribution in [2.24, 2.45) is 0 Å². The highest BCUT2D eigenvalue weighted by molar-refractivity contribution is 5.83. The van der Waals surface area contributed by atoms with Gasteiger partial charge in [-0.25, -0.2) is 4.79 Å². The smallest absolute Gasteiger partial charge is 0.335 e. The van der Waals surface area contributed by atoms with Crippen LogP contribution in [0.1, 0.15) is 33.6 Å². The molecular weight excluding hydrogens is 176 g/mol. The van der Waals surface area contributed by atoms with Gasteiger partial charge in [-0.15, -0.1) is 0 Å². The Balaban J connectivity index is 3.94. The zero-order valence-corrected chi connectivity index (χ0v) is 9.17. The van der Waals surface area contributed by atoms with Crippen LogP contribution in [0.4, 0.5) is 0 Å². The Morgan fingerprint density at radius 2 is 2.00 bits per heavy atom. The molecule has 0 aliphatic carbocycles. The Hall–Kier alpha value is -1.31. The van der Waals surface area contributed by atoms with E-state index in [4.69, 9.17) is 0 Å². The van der Waals surface area contributed by atoms with Gasteiger partial charge in [0.2, 0.25) is 0 Å². The number of esters is 1. The molecule has 0 radical (unpaired) electrons. The van der Waals surface area contributed by atoms with Gasteiger partial charge in [0, 0.05) is 6.08 Å². The van der Waals surface area contributed by atoms with Gasteiger partial charge >= 0.3 is 5.97 Å². The van der Waals surface area contributed by atoms with Gasteiger partial charge in [0.15, 0.2) is 0 Å². The summed E-state index contributed by atoms with van der Waals surface area (Å²) in [6, 6.07) is 0. The Labute approximate surface area is 86.0 Å². The Bertz CT molecular complexity index is 255. The Kier molecular flexibility index (Phi) is 6.46. The molecular formula is C12H18O2. The minimum absolute atomic E-state index is 0.352. The van der Waals surface area contributed by atoms with Crippen molar-refractivity contribution in [3.63, 3.8) is 0 Å². The van der Waals surface area contributed by atoms with E-state index in [-0.39, 0.29) is 5.97 Å². The van der Waals surface area contributed by atoms with Crippen molar-refractivity contribution in [3.05, 3.63) is 36.1 Å². The second-order valence-electron chi connectivity index (χ2n) is 3.41. The average Bonchev–Trinajstić information content (AvgIpc) is 2.03. The lowest BCUT2D eigenvalue weighted by Gasteiger charge is -1.98. The van der Waals surface area contributed by atoms with Gasteiger partial charge in [0.05, 0.1) is 6.26 Å². The SMILES string of the molecule is C=COC(=O)C=C(C)CCC=C(C)C. The van der Waals surface area contributed by atoms with Crippen LogP contribution in [0.3, 0.4) is 0 Å². The number of carbonyl (C=O) groups is 1. The monoisotopic (exact) mass is 194 g/mol. The molecule has 14 heavy (non-hydrogen) atoms. The van der Waals surface area contributed by atoms with Crippen molar-refractivity contribution in [1.29, 1.82) is 0 Å². The summed E-state index contributed by atoms with van der Waals surface area (Å²) in [5.41, 5.74) is 2.32. The molecule has 2 heteroatoms. The number of carbonyl (C=O) groups excluding carboxylic acids is 1. The fraction of sp³-hybridized carbons (Fsp3) is 0.417. The highest BCUT2D eigenvalue weighted by Crippen LogP contribution is 2.06. The lowest BCUT2D eigenvalue weighted by atomic mass is 10.1. The van der Waals surface area contributed by atoms with E-state index in [1.165, 1.54) is 11.6 Å². The molecule has 0 aliphatic heterocycles. The van der Waals surface area contributed by atoms with E-state index in [1.54, 1.807) is 0 Å². The van der Waals surface area contributed by atoms with E-state index >= 15 is 0 Å². The van der Waals surface area contributed by atoms with Crippen LogP contribution in [0.25, 0.3) is 0 Å². The van der Waals surface area contributed by atoms with Gasteiger partial charge in [0.25, 0.3) is 0 Å². The summed E-state index contributed by atoms with van der Waals surface area (Å²) in [4.78, 5) is 11.0. The van der Waals surface area contributed by atoms with Crippen LogP contribution in [0.5, 0.6) is 0 Å². The molecule has 78 valence electrons. The minimum Gasteiger partial charge on any atom is -0.432 e. The topological polar surface area (TPSA) is 26.3 Å². The lowest BCUT2D eigenvalue weighted by Crippen LogP contribution is -1.94. The van der Waals surface area contributed by atoms with Crippen LogP contribution in [-0.2, 0) is 9.53 Å². The zero-order valence-electron chi connectivity index (χ0n) is 9.17. The Morgan fingerprint density at radius 3 is 2.50 bits per heavy atom. The molecule has 0 amide bonds. The molecule has 0 saturated heterocycles. The summed E-state index contributed by atoms with van der Waals surface area (Å²) < 4.78 is 4.57. The molecule has 0 N–H and O–H groups in total. The second-order valence-corrected chi connectivity index (χ2v) is 3.41. The van der Waals surface area contributed by atoms with E-state index < -0.39 is 0 Å². The first-order valence-corrected chi connectivity index (χ1v) is 4.68. The fourth-order valence-corrected chi connectivity index (χ4v) is 0.978. The first-order chi connectivity index (χ1) is 6.56. The van der Waals surface area contributed by atoms with Crippen molar-refractivity contribution < 1.29 is 9.53 Å². The summed E-state index contributed by atoms with van der Waals surface area (Å²) in [6.07, 6.45) is 6.64. The van der Waals surface area contributed by atoms with Crippen LogP contribution in [-0.4, -0.2) is 5.97 Å². The maximum Gasteiger partial charge on any atom is 0.335 e. The van der Waals surface area contributed by atoms with Gasteiger partial charge in [-0.3, -0.25) is 0 Å². The molecule has 0 aliphatic rings. The largest absolute Gasteiger partial charge is 0.432 e. The van der Waals surface area contributed by atoms with Crippen LogP contribution in [0.2, 0.25) is 0 Å². The molecule has 0 unspecified atom stereocenters. The standard InChI is InChI=1S/C12H18O2/c1-5-14-12(13)9-11(4)8-6-7-10(2)3/h5,7,9H,1,6,8H2,2-4H3. The van der Waals surface area contributed by atoms with E-state index in [0.29, 0.717) is 0 Å². The maximum absolute atomic E-state index is 11.0. The molecule has 0 aromatic heterocycles. The van der Waals surface area contributed by atoms with Crippen molar-refractivity contribution >= 4 is 5.97 Å². The molecule has 0 atom stereocenters. The molecule has 0 saturated carbocycles. The molecule has 0 fully saturated rings. The summed E-state index contributed by atoms with van der Waals surface area (Å²) in [6.45, 7) is 9.35. The summed E-state index contributed by atoms with van der Waals surface area (Å²) in [5.74, 6) is -0.352. The van der Waals surface area contributed by atoms with Crippen LogP contribution in [0.15, 0.2) is 36.1 Å².